The molecular formula is C29H44BIN6O6. The smallest absolute Gasteiger partial charge is 0.404 e. The zero-order chi connectivity index (χ0) is 31.5. The Hall–Kier alpha value is -2.46. The second-order valence-electron chi connectivity index (χ2n) is 13.3. The highest BCUT2D eigenvalue weighted by atomic mass is 127. The first-order chi connectivity index (χ1) is 20.2. The summed E-state index contributed by atoms with van der Waals surface area (Å²) in [4.78, 5) is 37.5. The van der Waals surface area contributed by atoms with Crippen LogP contribution in [-0.2, 0) is 25.3 Å². The third kappa shape index (κ3) is 7.80. The summed E-state index contributed by atoms with van der Waals surface area (Å²) in [7, 11) is -0.589. The van der Waals surface area contributed by atoms with Crippen molar-refractivity contribution >= 4 is 47.5 Å². The first-order valence-electron chi connectivity index (χ1n) is 15.1. The Morgan fingerprint density at radius 1 is 1.21 bits per heavy atom. The number of rotatable bonds is 13. The Kier molecular flexibility index (Phi) is 10.6. The van der Waals surface area contributed by atoms with Gasteiger partial charge in [0.05, 0.1) is 24.1 Å². The SMILES string of the molecule is CC(C)C[C@H](NC(=O)[C@H](CCCNC(=N)N[N+](=O)[O-])NC(=O)Cc1ccccc1I)B1O[C@@H]2C[C@@H]3C[C@@H](C3(C)C)[C@]2(C)O1. The number of hydrogen-bond donors (Lipinski definition) is 5. The predicted molar refractivity (Wildman–Crippen MR) is 171 cm³/mol. The number of carbonyl (C=O) groups is 2. The first kappa shape index (κ1) is 33.4. The molecular weight excluding hydrogens is 666 g/mol. The van der Waals surface area contributed by atoms with Crippen LogP contribution in [0.5, 0.6) is 0 Å². The standard InChI is InChI=1S/C29H44BIN6O6/c1-17(2)13-24(30-42-23-16-19-15-22(28(19,3)4)29(23,5)43-30)35-26(39)21(11-8-12-33-27(32)36-37(40)41)34-25(38)14-18-9-6-7-10-20(18)31/h6-7,9-10,17,19,21-24H,8,11-16H2,1-5H3,(H,34,38)(H,35,39)(H3,32,33,36)/t19-,21-,22-,23+,24-,29-/m0/s1. The Bertz CT molecular complexity index is 1220. The van der Waals surface area contributed by atoms with Crippen molar-refractivity contribution in [2.24, 2.45) is 23.2 Å². The molecule has 2 amide bonds. The zero-order valence-corrected chi connectivity index (χ0v) is 27.7. The quantitative estimate of drug-likeness (QED) is 0.0396. The van der Waals surface area contributed by atoms with Crippen molar-refractivity contribution in [3.05, 3.63) is 43.5 Å². The lowest BCUT2D eigenvalue weighted by molar-refractivity contribution is -0.525. The van der Waals surface area contributed by atoms with Gasteiger partial charge >= 0.3 is 7.12 Å². The van der Waals surface area contributed by atoms with Crippen molar-refractivity contribution in [2.75, 3.05) is 6.54 Å². The van der Waals surface area contributed by atoms with Gasteiger partial charge in [-0.1, -0.05) is 51.3 Å². The molecule has 0 aromatic heterocycles. The summed E-state index contributed by atoms with van der Waals surface area (Å²) in [5.41, 5.74) is 2.40. The number of nitrogens with zero attached hydrogens (tertiary/aromatic N) is 1. The summed E-state index contributed by atoms with van der Waals surface area (Å²) in [6.07, 6.45) is 3.48. The molecule has 4 fully saturated rings. The number of hydrazine groups is 1. The van der Waals surface area contributed by atoms with Crippen LogP contribution in [0.1, 0.15) is 72.3 Å². The van der Waals surface area contributed by atoms with Crippen molar-refractivity contribution < 1.29 is 23.9 Å². The molecule has 1 aromatic carbocycles. The van der Waals surface area contributed by atoms with Gasteiger partial charge < -0.3 is 25.3 Å². The minimum absolute atomic E-state index is 0.0150. The second kappa shape index (κ2) is 13.7. The maximum atomic E-state index is 13.8. The number of amides is 2. The fourth-order valence-corrected chi connectivity index (χ4v) is 7.66. The van der Waals surface area contributed by atoms with Gasteiger partial charge in [0.2, 0.25) is 11.8 Å². The first-order valence-corrected chi connectivity index (χ1v) is 16.2. The minimum Gasteiger partial charge on any atom is -0.404 e. The number of hydrogen-bond acceptors (Lipinski definition) is 7. The van der Waals surface area contributed by atoms with E-state index in [0.717, 1.165) is 22.0 Å². The predicted octanol–water partition coefficient (Wildman–Crippen LogP) is 3.20. The summed E-state index contributed by atoms with van der Waals surface area (Å²) in [6.45, 7) is 11.2. The molecule has 236 valence electrons. The third-order valence-electron chi connectivity index (χ3n) is 9.49. The van der Waals surface area contributed by atoms with E-state index in [2.05, 4.69) is 73.2 Å². The molecule has 0 unspecified atom stereocenters. The molecule has 14 heteroatoms. The van der Waals surface area contributed by atoms with Crippen LogP contribution in [0.25, 0.3) is 0 Å². The largest absolute Gasteiger partial charge is 0.481 e. The van der Waals surface area contributed by atoms with Crippen molar-refractivity contribution in [1.82, 2.24) is 21.4 Å². The molecule has 0 radical (unpaired) electrons. The fourth-order valence-electron chi connectivity index (χ4n) is 7.08. The number of guanidine groups is 1. The molecule has 5 N–H and O–H groups in total. The van der Waals surface area contributed by atoms with E-state index in [0.29, 0.717) is 24.7 Å². The Labute approximate surface area is 267 Å². The van der Waals surface area contributed by atoms with E-state index in [9.17, 15) is 19.7 Å². The molecule has 1 heterocycles. The van der Waals surface area contributed by atoms with Crippen LogP contribution in [0.15, 0.2) is 24.3 Å². The maximum absolute atomic E-state index is 13.8. The summed E-state index contributed by atoms with van der Waals surface area (Å²) >= 11 is 2.18. The van der Waals surface area contributed by atoms with Gasteiger partial charge in [-0.3, -0.25) is 15.0 Å². The topological polar surface area (TPSA) is 168 Å². The van der Waals surface area contributed by atoms with E-state index in [1.807, 2.05) is 24.3 Å². The number of benzene rings is 1. The summed E-state index contributed by atoms with van der Waals surface area (Å²) < 4.78 is 14.2. The van der Waals surface area contributed by atoms with E-state index in [1.165, 1.54) is 0 Å². The van der Waals surface area contributed by atoms with Gasteiger partial charge in [-0.2, -0.15) is 0 Å². The van der Waals surface area contributed by atoms with E-state index < -0.39 is 35.7 Å². The van der Waals surface area contributed by atoms with Crippen molar-refractivity contribution in [3.63, 3.8) is 0 Å². The number of nitro groups is 1. The van der Waals surface area contributed by atoms with Crippen molar-refractivity contribution in [3.8, 4) is 0 Å². The second-order valence-corrected chi connectivity index (χ2v) is 14.4. The van der Waals surface area contributed by atoms with E-state index in [1.54, 1.807) is 5.43 Å². The third-order valence-corrected chi connectivity index (χ3v) is 10.5. The van der Waals surface area contributed by atoms with Crippen LogP contribution in [0.2, 0.25) is 0 Å². The normalized spacial score (nSPS) is 26.5. The van der Waals surface area contributed by atoms with Crippen LogP contribution >= 0.6 is 22.6 Å². The molecule has 12 nitrogen and oxygen atoms in total. The molecule has 3 aliphatic carbocycles. The number of carbonyl (C=O) groups excluding carboxylic acids is 2. The lowest BCUT2D eigenvalue weighted by Gasteiger charge is -2.64. The highest BCUT2D eigenvalue weighted by molar-refractivity contribution is 14.1. The average Bonchev–Trinajstić information content (AvgIpc) is 3.27. The molecule has 0 spiro atoms. The van der Waals surface area contributed by atoms with Crippen molar-refractivity contribution in [2.45, 2.75) is 96.8 Å². The molecule has 1 saturated heterocycles. The molecule has 1 aliphatic heterocycles. The van der Waals surface area contributed by atoms with Gasteiger partial charge in [-0.05, 0) is 96.4 Å². The van der Waals surface area contributed by atoms with Gasteiger partial charge in [-0.15, -0.1) is 0 Å². The van der Waals surface area contributed by atoms with E-state index >= 15 is 0 Å². The van der Waals surface area contributed by atoms with Crippen LogP contribution in [0, 0.1) is 42.3 Å². The molecule has 1 aromatic rings. The lowest BCUT2D eigenvalue weighted by atomic mass is 9.43. The molecule has 43 heavy (non-hydrogen) atoms. The molecule has 2 bridgehead atoms. The van der Waals surface area contributed by atoms with E-state index in [-0.39, 0.29) is 48.6 Å². The van der Waals surface area contributed by atoms with Crippen LogP contribution in [0.4, 0.5) is 0 Å². The van der Waals surface area contributed by atoms with Gasteiger partial charge in [0.15, 0.2) is 5.03 Å². The monoisotopic (exact) mass is 710 g/mol. The van der Waals surface area contributed by atoms with Crippen LogP contribution < -0.4 is 21.4 Å². The van der Waals surface area contributed by atoms with Gasteiger partial charge in [0.25, 0.3) is 5.96 Å². The maximum Gasteiger partial charge on any atom is 0.481 e. The Balaban J connectivity index is 1.44. The molecule has 5 rings (SSSR count). The minimum atomic E-state index is -0.853. The van der Waals surface area contributed by atoms with Gasteiger partial charge in [0.1, 0.15) is 6.04 Å². The fraction of sp³-hybridized carbons (Fsp3) is 0.690. The van der Waals surface area contributed by atoms with E-state index in [4.69, 9.17) is 14.7 Å². The molecule has 3 saturated carbocycles. The van der Waals surface area contributed by atoms with Crippen LogP contribution in [-0.4, -0.2) is 60.2 Å². The zero-order valence-electron chi connectivity index (χ0n) is 25.6. The number of halogens is 1. The molecule has 6 atom stereocenters. The summed E-state index contributed by atoms with van der Waals surface area (Å²) in [5.74, 6) is -0.202. The summed E-state index contributed by atoms with van der Waals surface area (Å²) in [6, 6.07) is 6.73. The highest BCUT2D eigenvalue weighted by Gasteiger charge is 2.68. The molecule has 4 aliphatic rings. The lowest BCUT2D eigenvalue weighted by Crippen LogP contribution is -2.65. The average molecular weight is 710 g/mol. The van der Waals surface area contributed by atoms with Crippen molar-refractivity contribution in [1.29, 1.82) is 5.41 Å². The van der Waals surface area contributed by atoms with Crippen LogP contribution in [0.3, 0.4) is 0 Å². The van der Waals surface area contributed by atoms with Gasteiger partial charge in [-0.25, -0.2) is 10.1 Å². The number of nitrogens with one attached hydrogen (secondary N) is 5. The Morgan fingerprint density at radius 2 is 1.93 bits per heavy atom. The summed E-state index contributed by atoms with van der Waals surface area (Å²) in [5, 5.41) is 26.0. The van der Waals surface area contributed by atoms with Gasteiger partial charge in [0, 0.05) is 10.1 Å². The highest BCUT2D eigenvalue weighted by Crippen LogP contribution is 2.65. The Morgan fingerprint density at radius 3 is 2.58 bits per heavy atom.